The lowest BCUT2D eigenvalue weighted by Crippen LogP contribution is -2.43. The molecule has 0 fully saturated rings. The summed E-state index contributed by atoms with van der Waals surface area (Å²) in [5.41, 5.74) is 0. The van der Waals surface area contributed by atoms with Crippen LogP contribution in [0.4, 0.5) is 0 Å². The van der Waals surface area contributed by atoms with E-state index < -0.39 is 60.5 Å². The van der Waals surface area contributed by atoms with Gasteiger partial charge in [0.25, 0.3) is 24.8 Å². The minimum Gasteiger partial charge on any atom is -0.300 e. The van der Waals surface area contributed by atoms with Crippen molar-refractivity contribution in [3.8, 4) is 0 Å². The standard InChI is InChI=1S/C10H14O10S2/c1-5(11)4-8(14)10(21(15,16)17)22(18,19)20-9(6(2)12)7(3)13/h9-10H,4H2,1-3H3,(H,15,16,17). The highest BCUT2D eigenvalue weighted by Gasteiger charge is 2.46. The quantitative estimate of drug-likeness (QED) is 0.295. The number of hydrogen-bond donors (Lipinski definition) is 1. The first-order valence-electron chi connectivity index (χ1n) is 5.61. The van der Waals surface area contributed by atoms with Gasteiger partial charge >= 0.3 is 0 Å². The fourth-order valence-corrected chi connectivity index (χ4v) is 4.20. The summed E-state index contributed by atoms with van der Waals surface area (Å²) in [4.78, 5) is 44.6. The molecule has 0 spiro atoms. The second-order valence-electron chi connectivity index (χ2n) is 4.38. The van der Waals surface area contributed by atoms with Crippen LogP contribution in [0.3, 0.4) is 0 Å². The van der Waals surface area contributed by atoms with Crippen molar-refractivity contribution in [2.45, 2.75) is 37.9 Å². The van der Waals surface area contributed by atoms with Crippen LogP contribution in [-0.4, -0.2) is 55.2 Å². The molecule has 1 N–H and O–H groups in total. The smallest absolute Gasteiger partial charge is 0.295 e. The summed E-state index contributed by atoms with van der Waals surface area (Å²) in [6.07, 6.45) is -3.25. The Balaban J connectivity index is 5.84. The van der Waals surface area contributed by atoms with Crippen molar-refractivity contribution >= 4 is 43.4 Å². The van der Waals surface area contributed by atoms with Gasteiger partial charge in [-0.15, -0.1) is 0 Å². The maximum absolute atomic E-state index is 11.8. The lowest BCUT2D eigenvalue weighted by molar-refractivity contribution is -0.134. The Morgan fingerprint density at radius 3 is 1.64 bits per heavy atom. The number of Topliss-reactive ketones (excluding diaryl/α,β-unsaturated/α-hetero) is 4. The maximum Gasteiger partial charge on any atom is 0.295 e. The average molecular weight is 358 g/mol. The van der Waals surface area contributed by atoms with Crippen molar-refractivity contribution in [3.05, 3.63) is 0 Å². The first-order valence-corrected chi connectivity index (χ1v) is 8.59. The highest BCUT2D eigenvalue weighted by atomic mass is 32.3. The van der Waals surface area contributed by atoms with E-state index in [0.717, 1.165) is 20.8 Å². The Kier molecular flexibility index (Phi) is 6.69. The molecule has 0 amide bonds. The van der Waals surface area contributed by atoms with Gasteiger partial charge in [-0.25, -0.2) is 4.18 Å². The summed E-state index contributed by atoms with van der Waals surface area (Å²) < 4.78 is 55.8. The predicted octanol–water partition coefficient (Wildman–Crippen LogP) is -1.36. The number of rotatable bonds is 9. The Morgan fingerprint density at radius 1 is 0.955 bits per heavy atom. The van der Waals surface area contributed by atoms with Gasteiger partial charge in [-0.05, 0) is 20.8 Å². The van der Waals surface area contributed by atoms with Gasteiger partial charge in [0, 0.05) is 0 Å². The van der Waals surface area contributed by atoms with Gasteiger partial charge in [0.2, 0.25) is 0 Å². The van der Waals surface area contributed by atoms with Crippen molar-refractivity contribution in [2.75, 3.05) is 0 Å². The van der Waals surface area contributed by atoms with Gasteiger partial charge in [-0.1, -0.05) is 0 Å². The van der Waals surface area contributed by atoms with E-state index in [0.29, 0.717) is 0 Å². The molecule has 0 aromatic carbocycles. The van der Waals surface area contributed by atoms with Crippen molar-refractivity contribution in [1.82, 2.24) is 0 Å². The predicted molar refractivity (Wildman–Crippen MR) is 70.8 cm³/mol. The van der Waals surface area contributed by atoms with Gasteiger partial charge in [0.15, 0.2) is 23.5 Å². The second kappa shape index (κ2) is 7.17. The lowest BCUT2D eigenvalue weighted by atomic mass is 10.2. The molecule has 1 atom stereocenters. The van der Waals surface area contributed by atoms with Gasteiger partial charge in [-0.3, -0.25) is 23.7 Å². The van der Waals surface area contributed by atoms with E-state index in [1.54, 1.807) is 0 Å². The zero-order valence-electron chi connectivity index (χ0n) is 11.8. The fraction of sp³-hybridized carbons (Fsp3) is 0.600. The van der Waals surface area contributed by atoms with Gasteiger partial charge in [0.1, 0.15) is 5.78 Å². The summed E-state index contributed by atoms with van der Waals surface area (Å²) in [5, 5.41) is 0. The molecule has 126 valence electrons. The molecular weight excluding hydrogens is 344 g/mol. The monoisotopic (exact) mass is 358 g/mol. The first-order chi connectivity index (χ1) is 9.70. The Bertz CT molecular complexity index is 686. The second-order valence-corrected chi connectivity index (χ2v) is 7.83. The van der Waals surface area contributed by atoms with E-state index in [4.69, 9.17) is 4.55 Å². The molecule has 0 bridgehead atoms. The third-order valence-corrected chi connectivity index (χ3v) is 5.68. The van der Waals surface area contributed by atoms with Crippen LogP contribution >= 0.6 is 0 Å². The van der Waals surface area contributed by atoms with E-state index >= 15 is 0 Å². The molecule has 0 aliphatic rings. The SMILES string of the molecule is CC(=O)CC(=O)C(S(=O)(=O)O)S(=O)(=O)OC(C(C)=O)C(C)=O. The summed E-state index contributed by atoms with van der Waals surface area (Å²) >= 11 is 0. The number of hydrogen-bond acceptors (Lipinski definition) is 9. The molecular formula is C10H14O10S2. The molecule has 0 rings (SSSR count). The van der Waals surface area contributed by atoms with Crippen LogP contribution in [0.1, 0.15) is 27.2 Å². The third kappa shape index (κ3) is 5.71. The van der Waals surface area contributed by atoms with Crippen LogP contribution < -0.4 is 0 Å². The minimum atomic E-state index is -5.50. The number of carbonyl (C=O) groups is 4. The van der Waals surface area contributed by atoms with Crippen LogP contribution in [0.25, 0.3) is 0 Å². The summed E-state index contributed by atoms with van der Waals surface area (Å²) in [7, 11) is -10.9. The molecule has 0 saturated heterocycles. The number of carbonyl (C=O) groups excluding carboxylic acids is 4. The topological polar surface area (TPSA) is 166 Å². The lowest BCUT2D eigenvalue weighted by Gasteiger charge is -2.16. The molecule has 0 radical (unpaired) electrons. The van der Waals surface area contributed by atoms with Crippen molar-refractivity contribution in [3.63, 3.8) is 0 Å². The third-order valence-electron chi connectivity index (χ3n) is 2.19. The molecule has 10 nitrogen and oxygen atoms in total. The normalized spacial score (nSPS) is 13.7. The van der Waals surface area contributed by atoms with Crippen LogP contribution in [-0.2, 0) is 43.6 Å². The number of ketones is 4. The van der Waals surface area contributed by atoms with E-state index in [-0.39, 0.29) is 0 Å². The molecule has 1 unspecified atom stereocenters. The average Bonchev–Trinajstić information content (AvgIpc) is 2.21. The largest absolute Gasteiger partial charge is 0.300 e. The van der Waals surface area contributed by atoms with Crippen LogP contribution in [0.15, 0.2) is 0 Å². The molecule has 0 aliphatic carbocycles. The van der Waals surface area contributed by atoms with Gasteiger partial charge in [-0.2, -0.15) is 16.8 Å². The summed E-state index contributed by atoms with van der Waals surface area (Å²) in [6, 6.07) is 0. The van der Waals surface area contributed by atoms with Gasteiger partial charge in [0.05, 0.1) is 6.42 Å². The molecule has 0 aliphatic heterocycles. The van der Waals surface area contributed by atoms with Gasteiger partial charge < -0.3 is 0 Å². The van der Waals surface area contributed by atoms with E-state index in [1.165, 1.54) is 0 Å². The van der Waals surface area contributed by atoms with Crippen LogP contribution in [0, 0.1) is 0 Å². The molecule has 0 aromatic heterocycles. The molecule has 22 heavy (non-hydrogen) atoms. The highest BCUT2D eigenvalue weighted by molar-refractivity contribution is 8.05. The van der Waals surface area contributed by atoms with Crippen molar-refractivity contribution < 1.29 is 44.7 Å². The van der Waals surface area contributed by atoms with E-state index in [2.05, 4.69) is 4.18 Å². The summed E-state index contributed by atoms with van der Waals surface area (Å²) in [6.45, 7) is 2.50. The highest BCUT2D eigenvalue weighted by Crippen LogP contribution is 2.17. The molecule has 0 heterocycles. The first kappa shape index (κ1) is 20.5. The van der Waals surface area contributed by atoms with Crippen molar-refractivity contribution in [1.29, 1.82) is 0 Å². The maximum atomic E-state index is 11.8. The Morgan fingerprint density at radius 2 is 1.36 bits per heavy atom. The van der Waals surface area contributed by atoms with Crippen LogP contribution in [0.2, 0.25) is 0 Å². The molecule has 12 heteroatoms. The Labute approximate surface area is 126 Å². The zero-order valence-corrected chi connectivity index (χ0v) is 13.4. The zero-order chi connectivity index (χ0) is 17.9. The fourth-order valence-electron chi connectivity index (χ4n) is 1.41. The van der Waals surface area contributed by atoms with E-state index in [1.807, 2.05) is 0 Å². The Hall–Kier alpha value is -1.50. The molecule has 0 aromatic rings. The summed E-state index contributed by atoms with van der Waals surface area (Å²) in [5.74, 6) is -4.63. The van der Waals surface area contributed by atoms with Crippen LogP contribution in [0.5, 0.6) is 0 Å². The minimum absolute atomic E-state index is 0.807. The molecule has 0 saturated carbocycles. The van der Waals surface area contributed by atoms with E-state index in [9.17, 15) is 36.0 Å². The van der Waals surface area contributed by atoms with Crippen molar-refractivity contribution in [2.24, 2.45) is 0 Å².